The van der Waals surface area contributed by atoms with Gasteiger partial charge in [-0.15, -0.1) is 10.2 Å². The molecule has 0 aliphatic rings. The highest BCUT2D eigenvalue weighted by Gasteiger charge is 2.16. The van der Waals surface area contributed by atoms with E-state index in [2.05, 4.69) is 39.9 Å². The van der Waals surface area contributed by atoms with Crippen LogP contribution in [-0.4, -0.2) is 33.1 Å². The fraction of sp³-hybridized carbons (Fsp3) is 0.200. The minimum atomic E-state index is -0.496. The van der Waals surface area contributed by atoms with Gasteiger partial charge in [-0.05, 0) is 67.0 Å². The lowest BCUT2D eigenvalue weighted by atomic mass is 10.1. The van der Waals surface area contributed by atoms with Gasteiger partial charge in [0, 0.05) is 5.56 Å². The number of hydrogen-bond donors (Lipinski definition) is 2. The normalized spacial score (nSPS) is 10.9. The molecule has 7 nitrogen and oxygen atoms in total. The number of aryl methyl sites for hydroxylation is 1. The highest BCUT2D eigenvalue weighted by molar-refractivity contribution is 7.80. The van der Waals surface area contributed by atoms with Gasteiger partial charge < -0.3 is 10.1 Å². The Morgan fingerprint density at radius 2 is 1.64 bits per heavy atom. The van der Waals surface area contributed by atoms with E-state index < -0.39 is 5.91 Å². The molecule has 36 heavy (non-hydrogen) atoms. The number of carbonyl (C=O) groups is 1. The molecule has 0 atom stereocenters. The van der Waals surface area contributed by atoms with E-state index in [0.29, 0.717) is 21.7 Å². The first kappa shape index (κ1) is 26.2. The van der Waals surface area contributed by atoms with E-state index in [4.69, 9.17) is 51.8 Å². The van der Waals surface area contributed by atoms with Gasteiger partial charge >= 0.3 is 0 Å². The molecule has 0 fully saturated rings. The van der Waals surface area contributed by atoms with Crippen LogP contribution in [0.2, 0.25) is 15.1 Å². The van der Waals surface area contributed by atoms with Crippen LogP contribution in [0.5, 0.6) is 5.75 Å². The SMILES string of the molecule is CCCCc1ccc(-n2nc3cc(Cl)c(NC(=S)NC(=O)c4cc(Cl)c(OC)c(Cl)c4)cc3n2)cc1. The standard InChI is InChI=1S/C25H22Cl3N5O2S/c1-3-4-5-14-6-8-16(9-7-14)33-31-21-12-17(26)20(13-22(21)32-33)29-25(36)30-24(34)15-10-18(27)23(35-2)19(28)11-15/h6-13H,3-5H2,1-2H3,(H2,29,30,34,36). The van der Waals surface area contributed by atoms with Crippen molar-refractivity contribution in [2.75, 3.05) is 12.4 Å². The van der Waals surface area contributed by atoms with Gasteiger partial charge in [0.05, 0.1) is 33.6 Å². The second kappa shape index (κ2) is 11.4. The van der Waals surface area contributed by atoms with Gasteiger partial charge in [-0.3, -0.25) is 10.1 Å². The molecule has 0 aliphatic carbocycles. The first-order valence-corrected chi connectivity index (χ1v) is 12.6. The summed E-state index contributed by atoms with van der Waals surface area (Å²) in [5.74, 6) is -0.208. The van der Waals surface area contributed by atoms with E-state index in [1.165, 1.54) is 24.8 Å². The molecule has 0 radical (unpaired) electrons. The van der Waals surface area contributed by atoms with Crippen molar-refractivity contribution in [3.63, 3.8) is 0 Å². The van der Waals surface area contributed by atoms with Crippen LogP contribution < -0.4 is 15.4 Å². The second-order valence-corrected chi connectivity index (χ2v) is 9.59. The van der Waals surface area contributed by atoms with Crippen molar-refractivity contribution in [1.29, 1.82) is 0 Å². The maximum Gasteiger partial charge on any atom is 0.257 e. The van der Waals surface area contributed by atoms with Crippen molar-refractivity contribution in [3.8, 4) is 11.4 Å². The van der Waals surface area contributed by atoms with Crippen LogP contribution in [0, 0.1) is 0 Å². The topological polar surface area (TPSA) is 81.1 Å². The molecule has 0 aliphatic heterocycles. The Morgan fingerprint density at radius 1 is 1.00 bits per heavy atom. The molecule has 0 unspecified atom stereocenters. The molecule has 3 aromatic carbocycles. The van der Waals surface area contributed by atoms with Crippen LogP contribution >= 0.6 is 47.0 Å². The van der Waals surface area contributed by atoms with Crippen molar-refractivity contribution < 1.29 is 9.53 Å². The summed E-state index contributed by atoms with van der Waals surface area (Å²) in [7, 11) is 1.44. The number of nitrogens with zero attached hydrogens (tertiary/aromatic N) is 3. The maximum absolute atomic E-state index is 12.6. The summed E-state index contributed by atoms with van der Waals surface area (Å²) >= 11 is 24.0. The van der Waals surface area contributed by atoms with Crippen molar-refractivity contribution >= 4 is 74.8 Å². The summed E-state index contributed by atoms with van der Waals surface area (Å²) in [6.07, 6.45) is 3.36. The number of amides is 1. The molecule has 1 amide bonds. The third kappa shape index (κ3) is 5.90. The van der Waals surface area contributed by atoms with Crippen molar-refractivity contribution in [1.82, 2.24) is 20.3 Å². The number of halogens is 3. The summed E-state index contributed by atoms with van der Waals surface area (Å²) in [4.78, 5) is 14.2. The highest BCUT2D eigenvalue weighted by atomic mass is 35.5. The van der Waals surface area contributed by atoms with Crippen molar-refractivity contribution in [2.24, 2.45) is 0 Å². The largest absolute Gasteiger partial charge is 0.494 e. The molecular weight excluding hydrogens is 541 g/mol. The number of nitrogens with one attached hydrogen (secondary N) is 2. The van der Waals surface area contributed by atoms with Crippen LogP contribution in [0.25, 0.3) is 16.7 Å². The van der Waals surface area contributed by atoms with Crippen molar-refractivity contribution in [3.05, 3.63) is 74.7 Å². The number of carbonyl (C=O) groups excluding carboxylic acids is 1. The number of anilines is 1. The predicted molar refractivity (Wildman–Crippen MR) is 149 cm³/mol. The van der Waals surface area contributed by atoms with Gasteiger partial charge in [-0.2, -0.15) is 4.80 Å². The number of ether oxygens (including phenoxy) is 1. The minimum Gasteiger partial charge on any atom is -0.494 e. The molecule has 0 saturated carbocycles. The molecule has 1 heterocycles. The highest BCUT2D eigenvalue weighted by Crippen LogP contribution is 2.34. The van der Waals surface area contributed by atoms with Gasteiger partial charge in [0.2, 0.25) is 0 Å². The van der Waals surface area contributed by atoms with E-state index in [0.717, 1.165) is 24.9 Å². The fourth-order valence-corrected chi connectivity index (χ4v) is 4.59. The predicted octanol–water partition coefficient (Wildman–Crippen LogP) is 6.86. The molecule has 0 saturated heterocycles. The molecule has 4 rings (SSSR count). The molecular formula is C25H22Cl3N5O2S. The van der Waals surface area contributed by atoms with Gasteiger partial charge in [0.1, 0.15) is 11.0 Å². The fourth-order valence-electron chi connectivity index (χ4n) is 3.54. The van der Waals surface area contributed by atoms with E-state index >= 15 is 0 Å². The lowest BCUT2D eigenvalue weighted by molar-refractivity contribution is 0.0977. The number of fused-ring (bicyclic) bond motifs is 1. The molecule has 2 N–H and O–H groups in total. The zero-order valence-electron chi connectivity index (χ0n) is 19.4. The zero-order valence-corrected chi connectivity index (χ0v) is 22.5. The summed E-state index contributed by atoms with van der Waals surface area (Å²) < 4.78 is 5.11. The van der Waals surface area contributed by atoms with Gasteiger partial charge in [0.15, 0.2) is 10.9 Å². The number of methoxy groups -OCH3 is 1. The average molecular weight is 563 g/mol. The van der Waals surface area contributed by atoms with Crippen molar-refractivity contribution in [2.45, 2.75) is 26.2 Å². The van der Waals surface area contributed by atoms with Gasteiger partial charge in [-0.25, -0.2) is 0 Å². The number of aromatic nitrogens is 3. The smallest absolute Gasteiger partial charge is 0.257 e. The van der Waals surface area contributed by atoms with Crippen LogP contribution in [-0.2, 0) is 6.42 Å². The second-order valence-electron chi connectivity index (χ2n) is 7.96. The van der Waals surface area contributed by atoms with Crippen LogP contribution in [0.1, 0.15) is 35.7 Å². The number of rotatable bonds is 7. The third-order valence-electron chi connectivity index (χ3n) is 5.40. The Hall–Kier alpha value is -2.91. The van der Waals surface area contributed by atoms with Gasteiger partial charge in [0.25, 0.3) is 5.91 Å². The molecule has 0 spiro atoms. The number of thiocarbonyl (C=S) groups is 1. The minimum absolute atomic E-state index is 0.0411. The van der Waals surface area contributed by atoms with Crippen LogP contribution in [0.4, 0.5) is 5.69 Å². The maximum atomic E-state index is 12.6. The number of benzene rings is 3. The van der Waals surface area contributed by atoms with E-state index in [1.54, 1.807) is 16.9 Å². The van der Waals surface area contributed by atoms with E-state index in [9.17, 15) is 4.79 Å². The van der Waals surface area contributed by atoms with E-state index in [1.807, 2.05) is 12.1 Å². The lowest BCUT2D eigenvalue weighted by Gasteiger charge is -2.12. The summed E-state index contributed by atoms with van der Waals surface area (Å²) in [5, 5.41) is 15.4. The Kier molecular flexibility index (Phi) is 8.31. The molecule has 4 aromatic rings. The van der Waals surface area contributed by atoms with Crippen LogP contribution in [0.3, 0.4) is 0 Å². The van der Waals surface area contributed by atoms with Crippen LogP contribution in [0.15, 0.2) is 48.5 Å². The Balaban J connectivity index is 1.48. The Bertz CT molecular complexity index is 1420. The third-order valence-corrected chi connectivity index (χ3v) is 6.47. The van der Waals surface area contributed by atoms with E-state index in [-0.39, 0.29) is 26.5 Å². The molecule has 186 valence electrons. The zero-order chi connectivity index (χ0) is 25.8. The lowest BCUT2D eigenvalue weighted by Crippen LogP contribution is -2.34. The molecule has 0 bridgehead atoms. The monoisotopic (exact) mass is 561 g/mol. The average Bonchev–Trinajstić information content (AvgIpc) is 3.25. The number of hydrogen-bond acceptors (Lipinski definition) is 5. The summed E-state index contributed by atoms with van der Waals surface area (Å²) in [6.45, 7) is 2.18. The van der Waals surface area contributed by atoms with Gasteiger partial charge in [-0.1, -0.05) is 60.3 Å². The molecule has 1 aromatic heterocycles. The molecule has 11 heteroatoms. The summed E-state index contributed by atoms with van der Waals surface area (Å²) in [6, 6.07) is 14.4. The summed E-state index contributed by atoms with van der Waals surface area (Å²) in [5.41, 5.74) is 4.05. The first-order valence-electron chi connectivity index (χ1n) is 11.1. The Morgan fingerprint density at radius 3 is 2.25 bits per heavy atom. The Labute approximate surface area is 228 Å². The number of unbranched alkanes of at least 4 members (excludes halogenated alkanes) is 1. The first-order chi connectivity index (χ1) is 17.3. The quantitative estimate of drug-likeness (QED) is 0.240.